The lowest BCUT2D eigenvalue weighted by molar-refractivity contribution is 0.127. The number of aliphatic hydroxyl groups is 1. The third kappa shape index (κ3) is 3.67. The van der Waals surface area contributed by atoms with Gasteiger partial charge in [-0.2, -0.15) is 0 Å². The molecule has 2 unspecified atom stereocenters. The Hall–Kier alpha value is -0.650. The Bertz CT molecular complexity index is 367. The molecule has 0 saturated carbocycles. The summed E-state index contributed by atoms with van der Waals surface area (Å²) in [5, 5.41) is 13.9. The number of anilines is 1. The van der Waals surface area contributed by atoms with Crippen LogP contribution in [-0.2, 0) is 6.54 Å². The summed E-state index contributed by atoms with van der Waals surface area (Å²) in [6, 6.07) is 0. The van der Waals surface area contributed by atoms with Crippen LogP contribution in [0, 0.1) is 5.92 Å². The van der Waals surface area contributed by atoms with Crippen LogP contribution in [0.1, 0.15) is 31.6 Å². The standard InChI is InChI=1S/C13H23N3OS/c1-3-5-14-13-15-7-12(18-13)9-16-6-4-11(8-16)10(2)17/h7,10-11,17H,3-6,8-9H2,1-2H3,(H,14,15). The molecular weight excluding hydrogens is 246 g/mol. The van der Waals surface area contributed by atoms with Gasteiger partial charge in [-0.3, -0.25) is 4.90 Å². The molecule has 4 nitrogen and oxygen atoms in total. The largest absolute Gasteiger partial charge is 0.393 e. The summed E-state index contributed by atoms with van der Waals surface area (Å²) >= 11 is 1.74. The van der Waals surface area contributed by atoms with Crippen LogP contribution in [0.5, 0.6) is 0 Å². The summed E-state index contributed by atoms with van der Waals surface area (Å²) in [6.45, 7) is 8.10. The van der Waals surface area contributed by atoms with E-state index in [2.05, 4.69) is 22.1 Å². The number of thiazole rings is 1. The summed E-state index contributed by atoms with van der Waals surface area (Å²) in [6.07, 6.45) is 4.02. The molecule has 5 heteroatoms. The average molecular weight is 269 g/mol. The summed E-state index contributed by atoms with van der Waals surface area (Å²) in [7, 11) is 0. The van der Waals surface area contributed by atoms with Crippen LogP contribution >= 0.6 is 11.3 Å². The van der Waals surface area contributed by atoms with Crippen molar-refractivity contribution in [2.75, 3.05) is 25.0 Å². The fourth-order valence-electron chi connectivity index (χ4n) is 2.31. The van der Waals surface area contributed by atoms with Crippen LogP contribution in [0.2, 0.25) is 0 Å². The van der Waals surface area contributed by atoms with Crippen molar-refractivity contribution in [1.29, 1.82) is 0 Å². The zero-order valence-electron chi connectivity index (χ0n) is 11.2. The molecule has 1 aromatic rings. The van der Waals surface area contributed by atoms with Crippen LogP contribution in [0.3, 0.4) is 0 Å². The number of aliphatic hydroxyl groups excluding tert-OH is 1. The van der Waals surface area contributed by atoms with Gasteiger partial charge < -0.3 is 10.4 Å². The Morgan fingerprint density at radius 3 is 3.17 bits per heavy atom. The molecule has 1 saturated heterocycles. The first-order valence-corrected chi connectivity index (χ1v) is 7.59. The third-order valence-corrected chi connectivity index (χ3v) is 4.39. The number of rotatable bonds is 6. The molecule has 0 radical (unpaired) electrons. The molecule has 102 valence electrons. The van der Waals surface area contributed by atoms with E-state index in [1.54, 1.807) is 11.3 Å². The minimum atomic E-state index is -0.182. The van der Waals surface area contributed by atoms with E-state index in [1.807, 2.05) is 13.1 Å². The van der Waals surface area contributed by atoms with E-state index in [-0.39, 0.29) is 6.10 Å². The van der Waals surface area contributed by atoms with E-state index in [9.17, 15) is 5.11 Å². The summed E-state index contributed by atoms with van der Waals surface area (Å²) < 4.78 is 0. The molecule has 2 heterocycles. The van der Waals surface area contributed by atoms with E-state index in [1.165, 1.54) is 4.88 Å². The van der Waals surface area contributed by atoms with Gasteiger partial charge in [0, 0.05) is 30.7 Å². The number of nitrogens with one attached hydrogen (secondary N) is 1. The highest BCUT2D eigenvalue weighted by molar-refractivity contribution is 7.15. The van der Waals surface area contributed by atoms with Crippen molar-refractivity contribution < 1.29 is 5.11 Å². The molecule has 0 aromatic carbocycles. The van der Waals surface area contributed by atoms with Gasteiger partial charge in [0.2, 0.25) is 0 Å². The minimum Gasteiger partial charge on any atom is -0.393 e. The number of hydrogen-bond acceptors (Lipinski definition) is 5. The lowest BCUT2D eigenvalue weighted by atomic mass is 10.0. The molecule has 0 aliphatic carbocycles. The lowest BCUT2D eigenvalue weighted by Gasteiger charge is -2.16. The number of aromatic nitrogens is 1. The van der Waals surface area contributed by atoms with Crippen molar-refractivity contribution >= 4 is 16.5 Å². The van der Waals surface area contributed by atoms with Gasteiger partial charge in [-0.1, -0.05) is 6.92 Å². The van der Waals surface area contributed by atoms with Gasteiger partial charge in [0.25, 0.3) is 0 Å². The molecule has 18 heavy (non-hydrogen) atoms. The Labute approximate surface area is 113 Å². The fraction of sp³-hybridized carbons (Fsp3) is 0.769. The zero-order valence-corrected chi connectivity index (χ0v) is 12.0. The second-order valence-corrected chi connectivity index (χ2v) is 6.20. The molecule has 0 bridgehead atoms. The zero-order chi connectivity index (χ0) is 13.0. The van der Waals surface area contributed by atoms with E-state index < -0.39 is 0 Å². The molecule has 0 amide bonds. The molecule has 2 atom stereocenters. The molecule has 2 N–H and O–H groups in total. The van der Waals surface area contributed by atoms with Crippen molar-refractivity contribution in [3.05, 3.63) is 11.1 Å². The van der Waals surface area contributed by atoms with E-state index in [4.69, 9.17) is 0 Å². The van der Waals surface area contributed by atoms with Crippen molar-refractivity contribution in [3.63, 3.8) is 0 Å². The van der Waals surface area contributed by atoms with E-state index >= 15 is 0 Å². The number of nitrogens with zero attached hydrogens (tertiary/aromatic N) is 2. The van der Waals surface area contributed by atoms with Crippen molar-refractivity contribution in [1.82, 2.24) is 9.88 Å². The highest BCUT2D eigenvalue weighted by Crippen LogP contribution is 2.24. The molecule has 1 aliphatic rings. The highest BCUT2D eigenvalue weighted by Gasteiger charge is 2.26. The summed E-state index contributed by atoms with van der Waals surface area (Å²) in [4.78, 5) is 8.10. The van der Waals surface area contributed by atoms with Gasteiger partial charge in [0.05, 0.1) is 6.10 Å². The van der Waals surface area contributed by atoms with Crippen molar-refractivity contribution in [2.24, 2.45) is 5.92 Å². The van der Waals surface area contributed by atoms with Gasteiger partial charge in [0.15, 0.2) is 5.13 Å². The van der Waals surface area contributed by atoms with Gasteiger partial charge in [-0.15, -0.1) is 11.3 Å². The molecular formula is C13H23N3OS. The Morgan fingerprint density at radius 2 is 2.50 bits per heavy atom. The maximum atomic E-state index is 9.59. The van der Waals surface area contributed by atoms with E-state index in [0.29, 0.717) is 5.92 Å². The second-order valence-electron chi connectivity index (χ2n) is 5.08. The maximum absolute atomic E-state index is 9.59. The predicted octanol–water partition coefficient (Wildman–Crippen LogP) is 2.17. The molecule has 1 aromatic heterocycles. The Kier molecular flexibility index (Phi) is 4.97. The molecule has 1 fully saturated rings. The van der Waals surface area contributed by atoms with Gasteiger partial charge in [-0.05, 0) is 32.2 Å². The monoisotopic (exact) mass is 269 g/mol. The van der Waals surface area contributed by atoms with Crippen LogP contribution in [0.4, 0.5) is 5.13 Å². The van der Waals surface area contributed by atoms with Crippen LogP contribution in [-0.4, -0.2) is 40.7 Å². The van der Waals surface area contributed by atoms with Crippen LogP contribution in [0.15, 0.2) is 6.20 Å². The fourth-order valence-corrected chi connectivity index (χ4v) is 3.20. The second kappa shape index (κ2) is 6.50. The number of likely N-dealkylation sites (tertiary alicyclic amines) is 1. The Morgan fingerprint density at radius 1 is 1.67 bits per heavy atom. The summed E-state index contributed by atoms with van der Waals surface area (Å²) in [5.41, 5.74) is 0. The minimum absolute atomic E-state index is 0.182. The first kappa shape index (κ1) is 13.8. The lowest BCUT2D eigenvalue weighted by Crippen LogP contribution is -2.23. The molecule has 0 spiro atoms. The third-order valence-electron chi connectivity index (χ3n) is 3.45. The van der Waals surface area contributed by atoms with Crippen molar-refractivity contribution in [2.45, 2.75) is 39.3 Å². The predicted molar refractivity (Wildman–Crippen MR) is 76.0 cm³/mol. The smallest absolute Gasteiger partial charge is 0.182 e. The number of hydrogen-bond donors (Lipinski definition) is 2. The molecule has 2 rings (SSSR count). The SMILES string of the molecule is CCCNc1ncc(CN2CCC(C(C)O)C2)s1. The highest BCUT2D eigenvalue weighted by atomic mass is 32.1. The van der Waals surface area contributed by atoms with Crippen molar-refractivity contribution in [3.8, 4) is 0 Å². The molecule has 1 aliphatic heterocycles. The maximum Gasteiger partial charge on any atom is 0.182 e. The van der Waals surface area contributed by atoms with Crippen LogP contribution in [0.25, 0.3) is 0 Å². The Balaban J connectivity index is 1.81. The van der Waals surface area contributed by atoms with Gasteiger partial charge in [0.1, 0.15) is 0 Å². The topological polar surface area (TPSA) is 48.4 Å². The van der Waals surface area contributed by atoms with Crippen LogP contribution < -0.4 is 5.32 Å². The quantitative estimate of drug-likeness (QED) is 0.831. The van der Waals surface area contributed by atoms with Gasteiger partial charge in [-0.25, -0.2) is 4.98 Å². The van der Waals surface area contributed by atoms with E-state index in [0.717, 1.165) is 44.2 Å². The summed E-state index contributed by atoms with van der Waals surface area (Å²) in [5.74, 6) is 0.440. The average Bonchev–Trinajstić information content (AvgIpc) is 2.96. The first-order valence-electron chi connectivity index (χ1n) is 6.78. The normalized spacial score (nSPS) is 22.3. The first-order chi connectivity index (χ1) is 8.69. The van der Waals surface area contributed by atoms with Gasteiger partial charge >= 0.3 is 0 Å².